The number of benzene rings is 4. The molecule has 1 aliphatic rings. The predicted molar refractivity (Wildman–Crippen MR) is 93.7 cm³/mol. The number of hydrogen-bond acceptors (Lipinski definition) is 0. The Hall–Kier alpha value is -3.07. The molecule has 0 spiro atoms. The smallest absolute Gasteiger partial charge is 0.136 e. The van der Waals surface area contributed by atoms with Crippen molar-refractivity contribution < 1.29 is 13.2 Å². The van der Waals surface area contributed by atoms with Crippen LogP contribution in [-0.4, -0.2) is 0 Å². The highest BCUT2D eigenvalue weighted by Gasteiger charge is 2.24. The van der Waals surface area contributed by atoms with Gasteiger partial charge in [0.05, 0.1) is 5.56 Å². The van der Waals surface area contributed by atoms with E-state index in [1.54, 1.807) is 6.07 Å². The van der Waals surface area contributed by atoms with Crippen molar-refractivity contribution >= 4 is 10.8 Å². The van der Waals surface area contributed by atoms with E-state index in [9.17, 15) is 13.2 Å². The molecular formula is C22H11F3. The van der Waals surface area contributed by atoms with Crippen molar-refractivity contribution in [1.29, 1.82) is 0 Å². The Bertz CT molecular complexity index is 1120. The third-order valence-electron chi connectivity index (χ3n) is 4.82. The van der Waals surface area contributed by atoms with Crippen LogP contribution in [0.1, 0.15) is 0 Å². The van der Waals surface area contributed by atoms with E-state index in [1.807, 2.05) is 48.5 Å². The Kier molecular flexibility index (Phi) is 2.84. The fourth-order valence-corrected chi connectivity index (χ4v) is 3.83. The number of halogens is 3. The summed E-state index contributed by atoms with van der Waals surface area (Å²) in [6.07, 6.45) is 0. The van der Waals surface area contributed by atoms with Crippen LogP contribution in [0.4, 0.5) is 13.2 Å². The first-order chi connectivity index (χ1) is 12.1. The van der Waals surface area contributed by atoms with Gasteiger partial charge in [-0.05, 0) is 38.6 Å². The van der Waals surface area contributed by atoms with Crippen molar-refractivity contribution in [3.63, 3.8) is 0 Å². The molecule has 5 rings (SSSR count). The normalized spacial score (nSPS) is 11.8. The second-order valence-electron chi connectivity index (χ2n) is 6.18. The highest BCUT2D eigenvalue weighted by Crippen LogP contribution is 2.49. The average molecular weight is 332 g/mol. The first-order valence-corrected chi connectivity index (χ1v) is 7.95. The Morgan fingerprint density at radius 2 is 1.08 bits per heavy atom. The number of rotatable bonds is 1. The largest absolute Gasteiger partial charge is 0.207 e. The van der Waals surface area contributed by atoms with E-state index in [4.69, 9.17) is 0 Å². The summed E-state index contributed by atoms with van der Waals surface area (Å²) < 4.78 is 41.9. The molecule has 25 heavy (non-hydrogen) atoms. The van der Waals surface area contributed by atoms with Crippen LogP contribution in [0.15, 0.2) is 66.7 Å². The molecule has 0 aliphatic heterocycles. The van der Waals surface area contributed by atoms with Crippen LogP contribution in [-0.2, 0) is 0 Å². The van der Waals surface area contributed by atoms with E-state index in [0.29, 0.717) is 5.56 Å². The van der Waals surface area contributed by atoms with E-state index < -0.39 is 17.5 Å². The molecule has 0 amide bonds. The third kappa shape index (κ3) is 1.89. The second-order valence-corrected chi connectivity index (χ2v) is 6.18. The summed E-state index contributed by atoms with van der Waals surface area (Å²) in [5, 5.41) is 1.74. The van der Waals surface area contributed by atoms with Gasteiger partial charge in [-0.15, -0.1) is 0 Å². The first-order valence-electron chi connectivity index (χ1n) is 7.95. The van der Waals surface area contributed by atoms with E-state index in [2.05, 4.69) is 0 Å². The molecule has 0 unspecified atom stereocenters. The SMILES string of the molecule is Fc1cc(F)c(-c2ccc3c4c(cccc24)-c2ccccc2-3)c(F)c1. The average Bonchev–Trinajstić information content (AvgIpc) is 2.92. The van der Waals surface area contributed by atoms with Gasteiger partial charge in [-0.2, -0.15) is 0 Å². The van der Waals surface area contributed by atoms with Gasteiger partial charge in [-0.1, -0.05) is 54.6 Å². The van der Waals surface area contributed by atoms with Gasteiger partial charge in [0.25, 0.3) is 0 Å². The van der Waals surface area contributed by atoms with Gasteiger partial charge in [0.2, 0.25) is 0 Å². The van der Waals surface area contributed by atoms with Crippen LogP contribution in [0.25, 0.3) is 44.2 Å². The van der Waals surface area contributed by atoms with Gasteiger partial charge in [-0.25, -0.2) is 13.2 Å². The van der Waals surface area contributed by atoms with Gasteiger partial charge in [-0.3, -0.25) is 0 Å². The highest BCUT2D eigenvalue weighted by molar-refractivity contribution is 6.18. The minimum Gasteiger partial charge on any atom is -0.207 e. The third-order valence-corrected chi connectivity index (χ3v) is 4.82. The molecule has 0 aromatic heterocycles. The standard InChI is InChI=1S/C22H11F3/c23-12-10-19(24)22(20(25)11-12)18-9-8-17-14-5-2-1-4-13(14)15-6-3-7-16(18)21(15)17/h1-11H. The molecule has 0 bridgehead atoms. The summed E-state index contributed by atoms with van der Waals surface area (Å²) >= 11 is 0. The maximum Gasteiger partial charge on any atom is 0.136 e. The van der Waals surface area contributed by atoms with Crippen LogP contribution in [0.3, 0.4) is 0 Å². The molecule has 0 fully saturated rings. The zero-order valence-electron chi connectivity index (χ0n) is 13.0. The van der Waals surface area contributed by atoms with Gasteiger partial charge in [0.15, 0.2) is 0 Å². The topological polar surface area (TPSA) is 0 Å². The lowest BCUT2D eigenvalue weighted by atomic mass is 9.94. The minimum absolute atomic E-state index is 0.193. The zero-order chi connectivity index (χ0) is 17.1. The molecule has 4 aromatic rings. The molecule has 0 saturated carbocycles. The molecule has 120 valence electrons. The maximum atomic E-state index is 14.3. The number of hydrogen-bond donors (Lipinski definition) is 0. The molecule has 0 heterocycles. The molecule has 0 radical (unpaired) electrons. The van der Waals surface area contributed by atoms with Crippen molar-refractivity contribution in [3.8, 4) is 33.4 Å². The monoisotopic (exact) mass is 332 g/mol. The Balaban J connectivity index is 1.90. The van der Waals surface area contributed by atoms with Crippen LogP contribution in [0.5, 0.6) is 0 Å². The molecule has 0 nitrogen and oxygen atoms in total. The van der Waals surface area contributed by atoms with Crippen molar-refractivity contribution in [2.45, 2.75) is 0 Å². The maximum absolute atomic E-state index is 14.3. The lowest BCUT2D eigenvalue weighted by Gasteiger charge is -2.11. The fourth-order valence-electron chi connectivity index (χ4n) is 3.83. The molecular weight excluding hydrogens is 321 g/mol. The fraction of sp³-hybridized carbons (Fsp3) is 0. The summed E-state index contributed by atoms with van der Waals surface area (Å²) in [6, 6.07) is 18.8. The second kappa shape index (κ2) is 4.96. The summed E-state index contributed by atoms with van der Waals surface area (Å²) in [4.78, 5) is 0. The summed E-state index contributed by atoms with van der Waals surface area (Å²) in [5.41, 5.74) is 4.56. The Morgan fingerprint density at radius 3 is 1.76 bits per heavy atom. The summed E-state index contributed by atoms with van der Waals surface area (Å²) in [6.45, 7) is 0. The molecule has 4 aromatic carbocycles. The van der Waals surface area contributed by atoms with E-state index in [-0.39, 0.29) is 5.56 Å². The van der Waals surface area contributed by atoms with Crippen LogP contribution in [0.2, 0.25) is 0 Å². The molecule has 0 saturated heterocycles. The van der Waals surface area contributed by atoms with Gasteiger partial charge < -0.3 is 0 Å². The van der Waals surface area contributed by atoms with E-state index in [0.717, 1.165) is 45.2 Å². The molecule has 1 aliphatic carbocycles. The molecule has 0 atom stereocenters. The van der Waals surface area contributed by atoms with Crippen molar-refractivity contribution in [2.24, 2.45) is 0 Å². The van der Waals surface area contributed by atoms with Crippen LogP contribution >= 0.6 is 0 Å². The van der Waals surface area contributed by atoms with Gasteiger partial charge in [0, 0.05) is 12.1 Å². The summed E-state index contributed by atoms with van der Waals surface area (Å²) in [5.74, 6) is -2.71. The molecule has 3 heteroatoms. The minimum atomic E-state index is -0.919. The van der Waals surface area contributed by atoms with Gasteiger partial charge >= 0.3 is 0 Å². The van der Waals surface area contributed by atoms with Crippen LogP contribution in [0, 0.1) is 17.5 Å². The van der Waals surface area contributed by atoms with Crippen molar-refractivity contribution in [3.05, 3.63) is 84.2 Å². The lowest BCUT2D eigenvalue weighted by molar-refractivity contribution is 0.548. The Labute approximate surface area is 142 Å². The van der Waals surface area contributed by atoms with E-state index in [1.165, 1.54) is 0 Å². The Morgan fingerprint density at radius 1 is 0.520 bits per heavy atom. The van der Waals surface area contributed by atoms with Crippen molar-refractivity contribution in [2.75, 3.05) is 0 Å². The predicted octanol–water partition coefficient (Wildman–Crippen LogP) is 6.57. The molecule has 0 N–H and O–H groups in total. The first kappa shape index (κ1) is 14.3. The summed E-state index contributed by atoms with van der Waals surface area (Å²) in [7, 11) is 0. The quantitative estimate of drug-likeness (QED) is 0.325. The lowest BCUT2D eigenvalue weighted by Crippen LogP contribution is -1.93. The van der Waals surface area contributed by atoms with Crippen LogP contribution < -0.4 is 0 Å². The van der Waals surface area contributed by atoms with E-state index >= 15 is 0 Å². The highest BCUT2D eigenvalue weighted by atomic mass is 19.1. The zero-order valence-corrected chi connectivity index (χ0v) is 13.0. The van der Waals surface area contributed by atoms with Gasteiger partial charge in [0.1, 0.15) is 17.5 Å². The van der Waals surface area contributed by atoms with Crippen molar-refractivity contribution in [1.82, 2.24) is 0 Å². The number of fused-ring (bicyclic) bond motifs is 3.